The molecule has 0 amide bonds. The van der Waals surface area contributed by atoms with Crippen molar-refractivity contribution in [3.8, 4) is 0 Å². The van der Waals surface area contributed by atoms with Crippen molar-refractivity contribution >= 4 is 23.9 Å². The molecule has 12 heteroatoms. The Morgan fingerprint density at radius 1 is 0.567 bits per heavy atom. The summed E-state index contributed by atoms with van der Waals surface area (Å²) in [6, 6.07) is 0. The van der Waals surface area contributed by atoms with Gasteiger partial charge in [-0.25, -0.2) is 0 Å². The van der Waals surface area contributed by atoms with E-state index in [4.69, 9.17) is 10.2 Å². The summed E-state index contributed by atoms with van der Waals surface area (Å²) in [5.41, 5.74) is 0. The molecule has 0 aromatic heterocycles. The molecule has 4 N–H and O–H groups in total. The SMILES string of the molecule is CC1CN(CC(=O)O)CCN(CC(=O)O)CCN(CC(=O)O)CCN(CC(=O)O)C1. The molecule has 0 spiro atoms. The smallest absolute Gasteiger partial charge is 0.317 e. The molecule has 1 saturated heterocycles. The summed E-state index contributed by atoms with van der Waals surface area (Å²) in [6.07, 6.45) is 0. The van der Waals surface area contributed by atoms with Crippen LogP contribution in [0.25, 0.3) is 0 Å². The Labute approximate surface area is 175 Å². The fourth-order valence-electron chi connectivity index (χ4n) is 3.56. The molecule has 1 aliphatic rings. The minimum Gasteiger partial charge on any atom is -0.480 e. The third-order valence-electron chi connectivity index (χ3n) is 4.77. The molecule has 1 fully saturated rings. The Hall–Kier alpha value is -2.28. The largest absolute Gasteiger partial charge is 0.480 e. The van der Waals surface area contributed by atoms with Crippen LogP contribution in [0.15, 0.2) is 0 Å². The number of nitrogens with zero attached hydrogens (tertiary/aromatic N) is 4. The molecule has 30 heavy (non-hydrogen) atoms. The highest BCUT2D eigenvalue weighted by atomic mass is 16.4. The lowest BCUT2D eigenvalue weighted by molar-refractivity contribution is -0.140. The van der Waals surface area contributed by atoms with Crippen LogP contribution in [0.1, 0.15) is 6.92 Å². The van der Waals surface area contributed by atoms with Gasteiger partial charge in [-0.3, -0.25) is 38.8 Å². The molecule has 0 aliphatic carbocycles. The van der Waals surface area contributed by atoms with E-state index in [1.165, 1.54) is 0 Å². The van der Waals surface area contributed by atoms with Gasteiger partial charge in [-0.05, 0) is 5.92 Å². The van der Waals surface area contributed by atoms with Crippen molar-refractivity contribution in [1.82, 2.24) is 19.6 Å². The second-order valence-electron chi connectivity index (χ2n) is 7.70. The Bertz CT molecular complexity index is 553. The average Bonchev–Trinajstić information content (AvgIpc) is 2.59. The standard InChI is InChI=1S/C18H32N4O8/c1-14-8-21(12-17(27)28)6-4-19(10-15(23)24)2-3-20(11-16(25)26)5-7-22(9-14)13-18(29)30/h14H,2-13H2,1H3,(H,23,24)(H,25,26)(H,27,28)(H,29,30). The van der Waals surface area contributed by atoms with Crippen molar-refractivity contribution in [1.29, 1.82) is 0 Å². The second kappa shape index (κ2) is 13.1. The van der Waals surface area contributed by atoms with Gasteiger partial charge in [-0.15, -0.1) is 0 Å². The maximum atomic E-state index is 11.2. The summed E-state index contributed by atoms with van der Waals surface area (Å²) in [5.74, 6) is -4.06. The van der Waals surface area contributed by atoms with Gasteiger partial charge in [-0.2, -0.15) is 0 Å². The average molecular weight is 432 g/mol. The monoisotopic (exact) mass is 432 g/mol. The van der Waals surface area contributed by atoms with Crippen LogP contribution in [0.4, 0.5) is 0 Å². The minimum absolute atomic E-state index is 0.0368. The molecule has 12 nitrogen and oxygen atoms in total. The molecule has 0 bridgehead atoms. The highest BCUT2D eigenvalue weighted by molar-refractivity contribution is 5.70. The first-order valence-corrected chi connectivity index (χ1v) is 9.81. The molecule has 0 radical (unpaired) electrons. The number of aliphatic carboxylic acids is 4. The van der Waals surface area contributed by atoms with E-state index < -0.39 is 23.9 Å². The molecular weight excluding hydrogens is 400 g/mol. The van der Waals surface area contributed by atoms with Crippen LogP contribution in [0, 0.1) is 5.92 Å². The number of carbonyl (C=O) groups is 4. The first-order chi connectivity index (χ1) is 14.0. The summed E-state index contributed by atoms with van der Waals surface area (Å²) in [4.78, 5) is 51.6. The Morgan fingerprint density at radius 2 is 0.800 bits per heavy atom. The summed E-state index contributed by atoms with van der Waals surface area (Å²) in [7, 11) is 0. The van der Waals surface area contributed by atoms with Gasteiger partial charge in [0, 0.05) is 52.4 Å². The fraction of sp³-hybridized carbons (Fsp3) is 0.778. The van der Waals surface area contributed by atoms with Crippen LogP contribution in [-0.4, -0.2) is 142 Å². The number of carboxylic acid groups (broad SMARTS) is 4. The summed E-state index contributed by atoms with van der Waals surface area (Å²) >= 11 is 0. The van der Waals surface area contributed by atoms with Crippen molar-refractivity contribution in [2.75, 3.05) is 78.5 Å². The number of hydrogen-bond donors (Lipinski definition) is 4. The van der Waals surface area contributed by atoms with Crippen LogP contribution < -0.4 is 0 Å². The third kappa shape index (κ3) is 11.7. The first kappa shape index (κ1) is 25.8. The predicted octanol–water partition coefficient (Wildman–Crippen LogP) is -1.82. The quantitative estimate of drug-likeness (QED) is 0.340. The fourth-order valence-corrected chi connectivity index (χ4v) is 3.56. The molecule has 172 valence electrons. The topological polar surface area (TPSA) is 162 Å². The zero-order valence-electron chi connectivity index (χ0n) is 17.3. The lowest BCUT2D eigenvalue weighted by atomic mass is 10.1. The summed E-state index contributed by atoms with van der Waals surface area (Å²) in [5, 5.41) is 36.7. The van der Waals surface area contributed by atoms with Crippen molar-refractivity contribution in [3.05, 3.63) is 0 Å². The summed E-state index contributed by atoms with van der Waals surface area (Å²) < 4.78 is 0. The van der Waals surface area contributed by atoms with Crippen molar-refractivity contribution in [2.45, 2.75) is 6.92 Å². The van der Waals surface area contributed by atoms with Gasteiger partial charge in [0.15, 0.2) is 0 Å². The van der Waals surface area contributed by atoms with E-state index in [0.717, 1.165) is 0 Å². The molecule has 0 atom stereocenters. The Morgan fingerprint density at radius 3 is 1.07 bits per heavy atom. The van der Waals surface area contributed by atoms with Crippen LogP contribution in [-0.2, 0) is 19.2 Å². The number of hydrogen-bond acceptors (Lipinski definition) is 8. The van der Waals surface area contributed by atoms with Crippen molar-refractivity contribution in [3.63, 3.8) is 0 Å². The highest BCUT2D eigenvalue weighted by Crippen LogP contribution is 2.07. The van der Waals surface area contributed by atoms with E-state index in [9.17, 15) is 29.4 Å². The van der Waals surface area contributed by atoms with Gasteiger partial charge in [0.1, 0.15) is 0 Å². The summed E-state index contributed by atoms with van der Waals surface area (Å²) in [6.45, 7) is 3.79. The van der Waals surface area contributed by atoms with Gasteiger partial charge in [0.2, 0.25) is 0 Å². The lowest BCUT2D eigenvalue weighted by Crippen LogP contribution is -2.44. The molecule has 1 heterocycles. The molecule has 0 aromatic rings. The Balaban J connectivity index is 3.01. The van der Waals surface area contributed by atoms with Crippen molar-refractivity contribution < 1.29 is 39.6 Å². The van der Waals surface area contributed by atoms with E-state index >= 15 is 0 Å². The second-order valence-corrected chi connectivity index (χ2v) is 7.70. The maximum absolute atomic E-state index is 11.2. The molecule has 0 unspecified atom stereocenters. The predicted molar refractivity (Wildman–Crippen MR) is 105 cm³/mol. The van der Waals surface area contributed by atoms with Crippen LogP contribution in [0.2, 0.25) is 0 Å². The third-order valence-corrected chi connectivity index (χ3v) is 4.77. The molecular formula is C18H32N4O8. The van der Waals surface area contributed by atoms with Crippen LogP contribution in [0.3, 0.4) is 0 Å². The zero-order valence-corrected chi connectivity index (χ0v) is 17.3. The van der Waals surface area contributed by atoms with E-state index in [-0.39, 0.29) is 32.1 Å². The van der Waals surface area contributed by atoms with E-state index in [1.807, 2.05) is 6.92 Å². The van der Waals surface area contributed by atoms with Gasteiger partial charge < -0.3 is 20.4 Å². The van der Waals surface area contributed by atoms with Gasteiger partial charge in [-0.1, -0.05) is 6.92 Å². The highest BCUT2D eigenvalue weighted by Gasteiger charge is 2.22. The van der Waals surface area contributed by atoms with E-state index in [0.29, 0.717) is 52.4 Å². The maximum Gasteiger partial charge on any atom is 0.317 e. The van der Waals surface area contributed by atoms with E-state index in [1.54, 1.807) is 19.6 Å². The van der Waals surface area contributed by atoms with Crippen LogP contribution in [0.5, 0.6) is 0 Å². The normalized spacial score (nSPS) is 20.0. The molecule has 1 rings (SSSR count). The van der Waals surface area contributed by atoms with Crippen molar-refractivity contribution in [2.24, 2.45) is 5.92 Å². The number of rotatable bonds is 8. The van der Waals surface area contributed by atoms with Gasteiger partial charge >= 0.3 is 23.9 Å². The molecule has 0 saturated carbocycles. The molecule has 0 aromatic carbocycles. The lowest BCUT2D eigenvalue weighted by Gasteiger charge is -2.29. The minimum atomic E-state index is -1.02. The molecule has 1 aliphatic heterocycles. The zero-order chi connectivity index (χ0) is 22.7. The Kier molecular flexibility index (Phi) is 11.3. The van der Waals surface area contributed by atoms with Gasteiger partial charge in [0.05, 0.1) is 26.2 Å². The van der Waals surface area contributed by atoms with E-state index in [2.05, 4.69) is 0 Å². The number of carboxylic acids is 4. The van der Waals surface area contributed by atoms with Gasteiger partial charge in [0.25, 0.3) is 0 Å². The first-order valence-electron chi connectivity index (χ1n) is 9.81. The van der Waals surface area contributed by atoms with Crippen LogP contribution >= 0.6 is 0 Å².